The van der Waals surface area contributed by atoms with Crippen LogP contribution in [-0.4, -0.2) is 40.7 Å². The van der Waals surface area contributed by atoms with Crippen LogP contribution in [0.3, 0.4) is 0 Å². The molecule has 1 aromatic rings. The van der Waals surface area contributed by atoms with E-state index in [4.69, 9.17) is 9.26 Å². The van der Waals surface area contributed by atoms with Gasteiger partial charge in [0.1, 0.15) is 0 Å². The van der Waals surface area contributed by atoms with E-state index in [1.807, 2.05) is 0 Å². The zero-order valence-electron chi connectivity index (χ0n) is 9.59. The standard InChI is InChI=1S/C11H15N3O3/c15-10-2-1-4-14(10)6-9-12-11(13-17-9)8-3-5-16-7-8/h8H,1-7H2. The number of nitrogens with zero attached hydrogens (tertiary/aromatic N) is 3. The maximum Gasteiger partial charge on any atom is 0.246 e. The highest BCUT2D eigenvalue weighted by molar-refractivity contribution is 5.77. The topological polar surface area (TPSA) is 68.5 Å². The summed E-state index contributed by atoms with van der Waals surface area (Å²) in [7, 11) is 0. The van der Waals surface area contributed by atoms with Crippen molar-refractivity contribution in [2.75, 3.05) is 19.8 Å². The zero-order valence-corrected chi connectivity index (χ0v) is 9.59. The molecule has 1 atom stereocenters. The summed E-state index contributed by atoms with van der Waals surface area (Å²) in [5.41, 5.74) is 0. The highest BCUT2D eigenvalue weighted by Gasteiger charge is 2.25. The van der Waals surface area contributed by atoms with Crippen molar-refractivity contribution in [1.29, 1.82) is 0 Å². The van der Waals surface area contributed by atoms with Crippen molar-refractivity contribution in [2.24, 2.45) is 0 Å². The number of hydrogen-bond donors (Lipinski definition) is 0. The lowest BCUT2D eigenvalue weighted by Gasteiger charge is -2.11. The van der Waals surface area contributed by atoms with Crippen molar-refractivity contribution in [1.82, 2.24) is 15.0 Å². The number of rotatable bonds is 3. The molecule has 92 valence electrons. The average Bonchev–Trinajstić information content (AvgIpc) is 3.02. The van der Waals surface area contributed by atoms with E-state index in [0.717, 1.165) is 26.0 Å². The maximum atomic E-state index is 11.5. The van der Waals surface area contributed by atoms with Crippen molar-refractivity contribution in [2.45, 2.75) is 31.7 Å². The van der Waals surface area contributed by atoms with Crippen LogP contribution in [0.4, 0.5) is 0 Å². The molecule has 3 rings (SSSR count). The first-order valence-electron chi connectivity index (χ1n) is 6.01. The highest BCUT2D eigenvalue weighted by atomic mass is 16.5. The predicted molar refractivity (Wildman–Crippen MR) is 57.1 cm³/mol. The van der Waals surface area contributed by atoms with Gasteiger partial charge < -0.3 is 14.2 Å². The predicted octanol–water partition coefficient (Wildman–Crippen LogP) is 0.696. The van der Waals surface area contributed by atoms with Gasteiger partial charge in [0.05, 0.1) is 13.2 Å². The fourth-order valence-electron chi connectivity index (χ4n) is 2.27. The molecule has 3 heterocycles. The van der Waals surface area contributed by atoms with Crippen LogP contribution in [0, 0.1) is 0 Å². The first kappa shape index (κ1) is 10.7. The lowest BCUT2D eigenvalue weighted by Crippen LogP contribution is -2.24. The fraction of sp³-hybridized carbons (Fsp3) is 0.727. The molecule has 0 spiro atoms. The molecule has 0 bridgehead atoms. The van der Waals surface area contributed by atoms with Crippen LogP contribution in [0.2, 0.25) is 0 Å². The van der Waals surface area contributed by atoms with E-state index in [2.05, 4.69) is 10.1 Å². The minimum Gasteiger partial charge on any atom is -0.381 e. The van der Waals surface area contributed by atoms with Crippen molar-refractivity contribution in [3.63, 3.8) is 0 Å². The molecule has 2 saturated heterocycles. The van der Waals surface area contributed by atoms with E-state index in [9.17, 15) is 4.79 Å². The van der Waals surface area contributed by atoms with Gasteiger partial charge in [0.15, 0.2) is 5.82 Å². The summed E-state index contributed by atoms with van der Waals surface area (Å²) in [6.45, 7) is 2.67. The molecule has 0 N–H and O–H groups in total. The Kier molecular flexibility index (Phi) is 2.80. The Balaban J connectivity index is 1.65. The summed E-state index contributed by atoms with van der Waals surface area (Å²) in [6, 6.07) is 0. The molecule has 2 aliphatic rings. The Morgan fingerprint density at radius 2 is 2.41 bits per heavy atom. The second-order valence-electron chi connectivity index (χ2n) is 4.53. The van der Waals surface area contributed by atoms with E-state index in [0.29, 0.717) is 31.3 Å². The van der Waals surface area contributed by atoms with Gasteiger partial charge in [-0.15, -0.1) is 0 Å². The molecule has 0 aliphatic carbocycles. The average molecular weight is 237 g/mol. The highest BCUT2D eigenvalue weighted by Crippen LogP contribution is 2.23. The molecule has 0 aromatic carbocycles. The lowest BCUT2D eigenvalue weighted by atomic mass is 10.1. The zero-order chi connectivity index (χ0) is 11.7. The number of likely N-dealkylation sites (tertiary alicyclic amines) is 1. The van der Waals surface area contributed by atoms with Crippen molar-refractivity contribution < 1.29 is 14.1 Å². The normalized spacial score (nSPS) is 24.8. The monoisotopic (exact) mass is 237 g/mol. The Bertz CT molecular complexity index is 412. The Morgan fingerprint density at radius 3 is 3.12 bits per heavy atom. The van der Waals surface area contributed by atoms with Gasteiger partial charge in [0.2, 0.25) is 11.8 Å². The van der Waals surface area contributed by atoms with Crippen molar-refractivity contribution in [3.05, 3.63) is 11.7 Å². The summed E-state index contributed by atoms with van der Waals surface area (Å²) >= 11 is 0. The second-order valence-corrected chi connectivity index (χ2v) is 4.53. The van der Waals surface area contributed by atoms with Gasteiger partial charge in [-0.25, -0.2) is 0 Å². The molecule has 0 saturated carbocycles. The van der Waals surface area contributed by atoms with E-state index in [1.165, 1.54) is 0 Å². The van der Waals surface area contributed by atoms with Gasteiger partial charge in [-0.1, -0.05) is 5.16 Å². The van der Waals surface area contributed by atoms with Crippen LogP contribution >= 0.6 is 0 Å². The molecule has 1 amide bonds. The fourth-order valence-corrected chi connectivity index (χ4v) is 2.27. The number of carbonyl (C=O) groups is 1. The van der Waals surface area contributed by atoms with Crippen LogP contribution in [0.25, 0.3) is 0 Å². The number of ether oxygens (including phenoxy) is 1. The molecule has 1 aromatic heterocycles. The Morgan fingerprint density at radius 1 is 1.47 bits per heavy atom. The van der Waals surface area contributed by atoms with Gasteiger partial charge in [-0.05, 0) is 12.8 Å². The molecular weight excluding hydrogens is 222 g/mol. The molecule has 1 unspecified atom stereocenters. The van der Waals surface area contributed by atoms with Crippen molar-refractivity contribution >= 4 is 5.91 Å². The third-order valence-electron chi connectivity index (χ3n) is 3.28. The molecular formula is C11H15N3O3. The van der Waals surface area contributed by atoms with Gasteiger partial charge in [0, 0.05) is 25.5 Å². The minimum absolute atomic E-state index is 0.175. The quantitative estimate of drug-likeness (QED) is 0.773. The largest absolute Gasteiger partial charge is 0.381 e. The summed E-state index contributed by atoms with van der Waals surface area (Å²) in [5.74, 6) is 1.67. The summed E-state index contributed by atoms with van der Waals surface area (Å²) in [5, 5.41) is 3.96. The Labute approximate surface area is 98.9 Å². The van der Waals surface area contributed by atoms with Crippen LogP contribution in [0.5, 0.6) is 0 Å². The number of amides is 1. The molecule has 2 fully saturated rings. The second kappa shape index (κ2) is 4.44. The molecule has 6 nitrogen and oxygen atoms in total. The first-order chi connectivity index (χ1) is 8.33. The summed E-state index contributed by atoms with van der Waals surface area (Å²) in [4.78, 5) is 17.6. The van der Waals surface area contributed by atoms with Crippen LogP contribution in [0.1, 0.15) is 36.9 Å². The summed E-state index contributed by atoms with van der Waals surface area (Å²) in [6.07, 6.45) is 2.51. The summed E-state index contributed by atoms with van der Waals surface area (Å²) < 4.78 is 10.5. The number of aromatic nitrogens is 2. The SMILES string of the molecule is O=C1CCCN1Cc1nc(C2CCOC2)no1. The van der Waals surface area contributed by atoms with Crippen molar-refractivity contribution in [3.8, 4) is 0 Å². The molecule has 2 aliphatic heterocycles. The van der Waals surface area contributed by atoms with Gasteiger partial charge in [0.25, 0.3) is 0 Å². The number of carbonyl (C=O) groups excluding carboxylic acids is 1. The van der Waals surface area contributed by atoms with Gasteiger partial charge >= 0.3 is 0 Å². The van der Waals surface area contributed by atoms with Gasteiger partial charge in [-0.2, -0.15) is 4.98 Å². The third kappa shape index (κ3) is 2.17. The first-order valence-corrected chi connectivity index (χ1v) is 6.01. The molecule has 17 heavy (non-hydrogen) atoms. The van der Waals surface area contributed by atoms with E-state index in [-0.39, 0.29) is 11.8 Å². The van der Waals surface area contributed by atoms with Crippen LogP contribution in [0.15, 0.2) is 4.52 Å². The van der Waals surface area contributed by atoms with E-state index < -0.39 is 0 Å². The molecule has 6 heteroatoms. The lowest BCUT2D eigenvalue weighted by molar-refractivity contribution is -0.128. The maximum absolute atomic E-state index is 11.5. The molecule has 0 radical (unpaired) electrons. The third-order valence-corrected chi connectivity index (χ3v) is 3.28. The number of hydrogen-bond acceptors (Lipinski definition) is 5. The smallest absolute Gasteiger partial charge is 0.246 e. The van der Waals surface area contributed by atoms with E-state index >= 15 is 0 Å². The Hall–Kier alpha value is -1.43. The van der Waals surface area contributed by atoms with Crippen LogP contribution in [-0.2, 0) is 16.1 Å². The van der Waals surface area contributed by atoms with Crippen LogP contribution < -0.4 is 0 Å². The minimum atomic E-state index is 0.175. The van der Waals surface area contributed by atoms with E-state index in [1.54, 1.807) is 4.90 Å². The van der Waals surface area contributed by atoms with Gasteiger partial charge in [-0.3, -0.25) is 4.79 Å².